The molecule has 1 aromatic carbocycles. The van der Waals surface area contributed by atoms with Crippen LogP contribution in [0.15, 0.2) is 18.2 Å². The van der Waals surface area contributed by atoms with Gasteiger partial charge in [0.1, 0.15) is 11.9 Å². The highest BCUT2D eigenvalue weighted by atomic mass is 19.1. The van der Waals surface area contributed by atoms with E-state index < -0.39 is 18.2 Å². The predicted molar refractivity (Wildman–Crippen MR) is 59.2 cm³/mol. The molecule has 2 unspecified atom stereocenters. The molecule has 17 heavy (non-hydrogen) atoms. The molecule has 0 amide bonds. The highest BCUT2D eigenvalue weighted by Gasteiger charge is 2.20. The largest absolute Gasteiger partial charge is 0.508 e. The Hall–Kier alpha value is -1.62. The van der Waals surface area contributed by atoms with Gasteiger partial charge in [-0.25, -0.2) is 9.18 Å². The van der Waals surface area contributed by atoms with Crippen molar-refractivity contribution in [2.45, 2.75) is 26.1 Å². The number of hydrogen-bond acceptors (Lipinski definition) is 4. The minimum Gasteiger partial charge on any atom is -0.508 e. The topological polar surface area (TPSA) is 66.8 Å². The third kappa shape index (κ3) is 3.17. The number of phenols is 1. The van der Waals surface area contributed by atoms with Crippen molar-refractivity contribution in [2.75, 3.05) is 6.61 Å². The van der Waals surface area contributed by atoms with Crippen molar-refractivity contribution < 1.29 is 24.1 Å². The molecule has 0 spiro atoms. The smallest absolute Gasteiger partial charge is 0.339 e. The molecule has 94 valence electrons. The Morgan fingerprint density at radius 2 is 2.18 bits per heavy atom. The first-order valence-electron chi connectivity index (χ1n) is 5.29. The van der Waals surface area contributed by atoms with Gasteiger partial charge in [0.25, 0.3) is 0 Å². The Kier molecular flexibility index (Phi) is 4.45. The lowest BCUT2D eigenvalue weighted by Crippen LogP contribution is -2.15. The van der Waals surface area contributed by atoms with Crippen LogP contribution in [0.4, 0.5) is 4.39 Å². The summed E-state index contributed by atoms with van der Waals surface area (Å²) in [6, 6.07) is 3.84. The molecule has 0 aliphatic heterocycles. The number of carbonyl (C=O) groups excluding carboxylic acids is 1. The van der Waals surface area contributed by atoms with Crippen molar-refractivity contribution >= 4 is 5.97 Å². The van der Waals surface area contributed by atoms with Gasteiger partial charge in [0.15, 0.2) is 6.10 Å². The summed E-state index contributed by atoms with van der Waals surface area (Å²) in [5.41, 5.74) is 0.228. The number of rotatable bonds is 4. The Morgan fingerprint density at radius 1 is 1.53 bits per heavy atom. The van der Waals surface area contributed by atoms with E-state index in [4.69, 9.17) is 0 Å². The summed E-state index contributed by atoms with van der Waals surface area (Å²) < 4.78 is 17.8. The summed E-state index contributed by atoms with van der Waals surface area (Å²) in [5.74, 6) is -1.00. The van der Waals surface area contributed by atoms with E-state index >= 15 is 0 Å². The molecule has 0 aliphatic carbocycles. The average Bonchev–Trinajstić information content (AvgIpc) is 2.28. The number of alkyl halides is 1. The van der Waals surface area contributed by atoms with Gasteiger partial charge >= 0.3 is 5.97 Å². The van der Waals surface area contributed by atoms with Gasteiger partial charge in [0.2, 0.25) is 0 Å². The maximum atomic E-state index is 13.1. The summed E-state index contributed by atoms with van der Waals surface area (Å²) in [7, 11) is 0. The van der Waals surface area contributed by atoms with Gasteiger partial charge in [-0.1, -0.05) is 6.07 Å². The Balaban J connectivity index is 2.99. The number of hydrogen-bond donors (Lipinski definition) is 2. The van der Waals surface area contributed by atoms with Crippen molar-refractivity contribution in [3.05, 3.63) is 29.3 Å². The van der Waals surface area contributed by atoms with Crippen LogP contribution < -0.4 is 0 Å². The quantitative estimate of drug-likeness (QED) is 0.793. The number of aliphatic hydroxyl groups excluding tert-OH is 1. The molecule has 1 aromatic rings. The molecule has 0 fully saturated rings. The summed E-state index contributed by atoms with van der Waals surface area (Å²) in [6.45, 7) is 3.03. The Morgan fingerprint density at radius 3 is 2.71 bits per heavy atom. The van der Waals surface area contributed by atoms with Crippen molar-refractivity contribution in [2.24, 2.45) is 0 Å². The van der Waals surface area contributed by atoms with Gasteiger partial charge in [-0.2, -0.15) is 0 Å². The van der Waals surface area contributed by atoms with Crippen LogP contribution in [0.5, 0.6) is 5.75 Å². The van der Waals surface area contributed by atoms with E-state index in [1.165, 1.54) is 25.1 Å². The maximum absolute atomic E-state index is 13.1. The van der Waals surface area contributed by atoms with Crippen molar-refractivity contribution in [3.8, 4) is 5.75 Å². The summed E-state index contributed by atoms with van der Waals surface area (Å²) in [5, 5.41) is 19.0. The molecule has 0 saturated carbocycles. The molecule has 2 atom stereocenters. The van der Waals surface area contributed by atoms with Crippen molar-refractivity contribution in [1.29, 1.82) is 0 Å². The molecule has 0 radical (unpaired) electrons. The molecule has 2 N–H and O–H groups in total. The van der Waals surface area contributed by atoms with Gasteiger partial charge in [-0.15, -0.1) is 0 Å². The lowest BCUT2D eigenvalue weighted by molar-refractivity contribution is -0.153. The minimum atomic E-state index is -1.46. The zero-order valence-electron chi connectivity index (χ0n) is 9.68. The van der Waals surface area contributed by atoms with Gasteiger partial charge < -0.3 is 14.9 Å². The molecule has 0 aliphatic rings. The number of halogens is 1. The fourth-order valence-electron chi connectivity index (χ4n) is 1.42. The highest BCUT2D eigenvalue weighted by Crippen LogP contribution is 2.29. The third-order valence-electron chi connectivity index (χ3n) is 2.31. The second-order valence-corrected chi connectivity index (χ2v) is 3.59. The number of aromatic hydroxyl groups is 1. The zero-order chi connectivity index (χ0) is 13.0. The second-order valence-electron chi connectivity index (χ2n) is 3.59. The maximum Gasteiger partial charge on any atom is 0.339 e. The standard InChI is InChI=1S/C12H15FO4/c1-3-17-12(16)11(15)8-4-5-10(14)9(6-8)7(2)13/h4-7,11,14-15H,3H2,1-2H3. The van der Waals surface area contributed by atoms with E-state index in [2.05, 4.69) is 4.74 Å². The van der Waals surface area contributed by atoms with E-state index in [9.17, 15) is 19.4 Å². The molecule has 1 rings (SSSR count). The molecular weight excluding hydrogens is 227 g/mol. The van der Waals surface area contributed by atoms with E-state index in [1.54, 1.807) is 6.92 Å². The van der Waals surface area contributed by atoms with Crippen LogP contribution >= 0.6 is 0 Å². The summed E-state index contributed by atoms with van der Waals surface area (Å²) in [4.78, 5) is 11.3. The normalized spacial score (nSPS) is 14.1. The van der Waals surface area contributed by atoms with Crippen LogP contribution in [0.25, 0.3) is 0 Å². The zero-order valence-corrected chi connectivity index (χ0v) is 9.68. The van der Waals surface area contributed by atoms with Gasteiger partial charge in [0, 0.05) is 5.56 Å². The molecule has 0 bridgehead atoms. The highest BCUT2D eigenvalue weighted by molar-refractivity contribution is 5.76. The van der Waals surface area contributed by atoms with Crippen LogP contribution in [-0.4, -0.2) is 22.8 Å². The number of carbonyl (C=O) groups is 1. The van der Waals surface area contributed by atoms with Crippen LogP contribution in [0.1, 0.15) is 37.3 Å². The Bertz CT molecular complexity index is 403. The third-order valence-corrected chi connectivity index (χ3v) is 2.31. The van der Waals surface area contributed by atoms with Crippen LogP contribution in [-0.2, 0) is 9.53 Å². The first-order valence-corrected chi connectivity index (χ1v) is 5.29. The summed E-state index contributed by atoms with van der Waals surface area (Å²) >= 11 is 0. The fraction of sp³-hybridized carbons (Fsp3) is 0.417. The SMILES string of the molecule is CCOC(=O)C(O)c1ccc(O)c(C(C)F)c1. The second kappa shape index (κ2) is 5.63. The van der Waals surface area contributed by atoms with Crippen molar-refractivity contribution in [3.63, 3.8) is 0 Å². The van der Waals surface area contributed by atoms with Crippen LogP contribution in [0.2, 0.25) is 0 Å². The van der Waals surface area contributed by atoms with E-state index in [1.807, 2.05) is 0 Å². The van der Waals surface area contributed by atoms with Gasteiger partial charge in [-0.3, -0.25) is 0 Å². The number of aliphatic hydroxyl groups is 1. The van der Waals surface area contributed by atoms with Crippen LogP contribution in [0, 0.1) is 0 Å². The first kappa shape index (κ1) is 13.4. The molecule has 4 nitrogen and oxygen atoms in total. The van der Waals surface area contributed by atoms with E-state index in [-0.39, 0.29) is 23.5 Å². The van der Waals surface area contributed by atoms with Gasteiger partial charge in [0.05, 0.1) is 6.61 Å². The average molecular weight is 242 g/mol. The summed E-state index contributed by atoms with van der Waals surface area (Å²) in [6.07, 6.45) is -2.85. The van der Waals surface area contributed by atoms with E-state index in [0.717, 1.165) is 0 Å². The van der Waals surface area contributed by atoms with Crippen LogP contribution in [0.3, 0.4) is 0 Å². The lowest BCUT2D eigenvalue weighted by Gasteiger charge is -2.12. The minimum absolute atomic E-state index is 0.0332. The molecular formula is C12H15FO4. The van der Waals surface area contributed by atoms with E-state index in [0.29, 0.717) is 0 Å². The fourth-order valence-corrected chi connectivity index (χ4v) is 1.42. The number of benzene rings is 1. The van der Waals surface area contributed by atoms with Crippen molar-refractivity contribution in [1.82, 2.24) is 0 Å². The predicted octanol–water partition coefficient (Wildman–Crippen LogP) is 2.02. The number of phenolic OH excluding ortho intramolecular Hbond substituents is 1. The number of ether oxygens (including phenoxy) is 1. The molecule has 5 heteroatoms. The number of esters is 1. The lowest BCUT2D eigenvalue weighted by atomic mass is 10.0. The molecule has 0 heterocycles. The molecule has 0 saturated heterocycles. The Labute approximate surface area is 98.7 Å². The molecule has 0 aromatic heterocycles. The van der Waals surface area contributed by atoms with Gasteiger partial charge in [-0.05, 0) is 31.5 Å². The monoisotopic (exact) mass is 242 g/mol. The first-order chi connectivity index (χ1) is 7.97.